The highest BCUT2D eigenvalue weighted by atomic mass is 79.9. The van der Waals surface area contributed by atoms with Gasteiger partial charge in [-0.25, -0.2) is 0 Å². The highest BCUT2D eigenvalue weighted by molar-refractivity contribution is 9.11. The van der Waals surface area contributed by atoms with Gasteiger partial charge in [-0.2, -0.15) is 0 Å². The predicted molar refractivity (Wildman–Crippen MR) is 74.2 cm³/mol. The average Bonchev–Trinajstić information content (AvgIpc) is 3.09. The Kier molecular flexibility index (Phi) is 4.85. The van der Waals surface area contributed by atoms with Crippen molar-refractivity contribution >= 4 is 31.9 Å². The standard InChI is InChI=1S/C12H15Br2NO2/c1-16-7-17-12-10(13)4-8(5-11(12)14)6-15-9-2-3-9/h4-5,9,15H,2-3,6-7H2,1H3. The highest BCUT2D eigenvalue weighted by Crippen LogP contribution is 2.35. The zero-order valence-electron chi connectivity index (χ0n) is 9.63. The number of hydrogen-bond acceptors (Lipinski definition) is 3. The van der Waals surface area contributed by atoms with Crippen LogP contribution in [0.1, 0.15) is 18.4 Å². The van der Waals surface area contributed by atoms with Gasteiger partial charge in [0.25, 0.3) is 0 Å². The van der Waals surface area contributed by atoms with Crippen LogP contribution < -0.4 is 10.1 Å². The van der Waals surface area contributed by atoms with Crippen LogP contribution in [0.3, 0.4) is 0 Å². The van der Waals surface area contributed by atoms with Gasteiger partial charge in [0.1, 0.15) is 0 Å². The second-order valence-electron chi connectivity index (χ2n) is 4.09. The minimum atomic E-state index is 0.247. The molecule has 2 rings (SSSR count). The van der Waals surface area contributed by atoms with Crippen LogP contribution in [0, 0.1) is 0 Å². The summed E-state index contributed by atoms with van der Waals surface area (Å²) < 4.78 is 12.3. The van der Waals surface area contributed by atoms with Gasteiger partial charge in [-0.15, -0.1) is 0 Å². The van der Waals surface area contributed by atoms with Gasteiger partial charge in [0.05, 0.1) is 8.95 Å². The van der Waals surface area contributed by atoms with Gasteiger partial charge >= 0.3 is 0 Å². The van der Waals surface area contributed by atoms with Crippen LogP contribution in [0.25, 0.3) is 0 Å². The summed E-state index contributed by atoms with van der Waals surface area (Å²) in [7, 11) is 1.61. The fourth-order valence-electron chi connectivity index (χ4n) is 1.52. The van der Waals surface area contributed by atoms with E-state index in [-0.39, 0.29) is 6.79 Å². The third-order valence-electron chi connectivity index (χ3n) is 2.55. The van der Waals surface area contributed by atoms with Crippen LogP contribution >= 0.6 is 31.9 Å². The molecule has 1 aromatic carbocycles. The van der Waals surface area contributed by atoms with E-state index >= 15 is 0 Å². The van der Waals surface area contributed by atoms with E-state index in [0.29, 0.717) is 0 Å². The number of rotatable bonds is 6. The van der Waals surface area contributed by atoms with Crippen molar-refractivity contribution in [1.29, 1.82) is 0 Å². The molecule has 1 aliphatic carbocycles. The molecule has 3 nitrogen and oxygen atoms in total. The number of ether oxygens (including phenoxy) is 2. The molecule has 0 spiro atoms. The molecule has 0 amide bonds. The summed E-state index contributed by atoms with van der Waals surface area (Å²) in [4.78, 5) is 0. The third kappa shape index (κ3) is 3.95. The molecule has 0 heterocycles. The second kappa shape index (κ2) is 6.18. The van der Waals surface area contributed by atoms with E-state index in [0.717, 1.165) is 27.3 Å². The number of halogens is 2. The highest BCUT2D eigenvalue weighted by Gasteiger charge is 2.20. The number of benzene rings is 1. The summed E-state index contributed by atoms with van der Waals surface area (Å²) in [6.07, 6.45) is 2.61. The van der Waals surface area contributed by atoms with Crippen LogP contribution in [0.2, 0.25) is 0 Å². The molecule has 94 valence electrons. The Morgan fingerprint density at radius 2 is 1.94 bits per heavy atom. The van der Waals surface area contributed by atoms with Crippen molar-refractivity contribution in [2.24, 2.45) is 0 Å². The molecule has 1 fully saturated rings. The molecule has 0 atom stereocenters. The summed E-state index contributed by atoms with van der Waals surface area (Å²) in [6.45, 7) is 1.14. The third-order valence-corrected chi connectivity index (χ3v) is 3.73. The first-order chi connectivity index (χ1) is 8.20. The second-order valence-corrected chi connectivity index (χ2v) is 5.80. The molecule has 0 bridgehead atoms. The minimum Gasteiger partial charge on any atom is -0.465 e. The van der Waals surface area contributed by atoms with E-state index in [1.54, 1.807) is 7.11 Å². The molecule has 0 aromatic heterocycles. The molecular weight excluding hydrogens is 350 g/mol. The van der Waals surface area contributed by atoms with Crippen molar-refractivity contribution < 1.29 is 9.47 Å². The first-order valence-electron chi connectivity index (χ1n) is 5.53. The van der Waals surface area contributed by atoms with Gasteiger partial charge in [0, 0.05) is 19.7 Å². The smallest absolute Gasteiger partial charge is 0.188 e. The average molecular weight is 365 g/mol. The Morgan fingerprint density at radius 1 is 1.29 bits per heavy atom. The van der Waals surface area contributed by atoms with E-state index in [4.69, 9.17) is 9.47 Å². The quantitative estimate of drug-likeness (QED) is 0.784. The first kappa shape index (κ1) is 13.3. The van der Waals surface area contributed by atoms with E-state index in [1.165, 1.54) is 18.4 Å². The molecule has 1 aromatic rings. The molecule has 1 N–H and O–H groups in total. The summed E-state index contributed by atoms with van der Waals surface area (Å²) >= 11 is 7.02. The Balaban J connectivity index is 2.03. The molecular formula is C12H15Br2NO2. The van der Waals surface area contributed by atoms with Gasteiger partial charge in [0.2, 0.25) is 0 Å². The van der Waals surface area contributed by atoms with Gasteiger partial charge in [-0.3, -0.25) is 0 Å². The van der Waals surface area contributed by atoms with Crippen molar-refractivity contribution in [2.45, 2.75) is 25.4 Å². The van der Waals surface area contributed by atoms with Crippen molar-refractivity contribution in [3.63, 3.8) is 0 Å². The van der Waals surface area contributed by atoms with Crippen molar-refractivity contribution in [3.05, 3.63) is 26.6 Å². The molecule has 0 saturated heterocycles. The van der Waals surface area contributed by atoms with E-state index in [1.807, 2.05) is 0 Å². The summed E-state index contributed by atoms with van der Waals surface area (Å²) in [6, 6.07) is 4.87. The summed E-state index contributed by atoms with van der Waals surface area (Å²) in [5, 5.41) is 3.48. The minimum absolute atomic E-state index is 0.247. The van der Waals surface area contributed by atoms with E-state index < -0.39 is 0 Å². The molecule has 0 radical (unpaired) electrons. The SMILES string of the molecule is COCOc1c(Br)cc(CNC2CC2)cc1Br. The lowest BCUT2D eigenvalue weighted by Crippen LogP contribution is -2.15. The molecule has 0 aliphatic heterocycles. The van der Waals surface area contributed by atoms with Crippen molar-refractivity contribution in [3.8, 4) is 5.75 Å². The molecule has 0 unspecified atom stereocenters. The van der Waals surface area contributed by atoms with Crippen LogP contribution in [0.4, 0.5) is 0 Å². The number of hydrogen-bond donors (Lipinski definition) is 1. The monoisotopic (exact) mass is 363 g/mol. The largest absolute Gasteiger partial charge is 0.465 e. The maximum Gasteiger partial charge on any atom is 0.188 e. The predicted octanol–water partition coefficient (Wildman–Crippen LogP) is 3.45. The van der Waals surface area contributed by atoms with Crippen LogP contribution in [-0.2, 0) is 11.3 Å². The van der Waals surface area contributed by atoms with Crippen LogP contribution in [0.15, 0.2) is 21.1 Å². The Bertz CT molecular complexity index is 371. The Morgan fingerprint density at radius 3 is 2.47 bits per heavy atom. The molecule has 5 heteroatoms. The van der Waals surface area contributed by atoms with Crippen LogP contribution in [0.5, 0.6) is 5.75 Å². The molecule has 1 saturated carbocycles. The van der Waals surface area contributed by atoms with Crippen molar-refractivity contribution in [1.82, 2.24) is 5.32 Å². The molecule has 1 aliphatic rings. The van der Waals surface area contributed by atoms with Gasteiger partial charge in [-0.1, -0.05) is 0 Å². The van der Waals surface area contributed by atoms with Gasteiger partial charge in [0.15, 0.2) is 12.5 Å². The first-order valence-corrected chi connectivity index (χ1v) is 7.12. The normalized spacial score (nSPS) is 15.0. The lowest BCUT2D eigenvalue weighted by atomic mass is 10.2. The van der Waals surface area contributed by atoms with Gasteiger partial charge in [-0.05, 0) is 62.4 Å². The Hall–Kier alpha value is -0.100. The number of methoxy groups -OCH3 is 1. The maximum absolute atomic E-state index is 5.47. The fourth-order valence-corrected chi connectivity index (χ4v) is 3.03. The lowest BCUT2D eigenvalue weighted by Gasteiger charge is -2.11. The number of nitrogens with one attached hydrogen (secondary N) is 1. The van der Waals surface area contributed by atoms with Gasteiger partial charge < -0.3 is 14.8 Å². The zero-order chi connectivity index (χ0) is 12.3. The van der Waals surface area contributed by atoms with Crippen molar-refractivity contribution in [2.75, 3.05) is 13.9 Å². The zero-order valence-corrected chi connectivity index (χ0v) is 12.8. The molecule has 17 heavy (non-hydrogen) atoms. The summed E-state index contributed by atoms with van der Waals surface area (Å²) in [5.41, 5.74) is 1.24. The summed E-state index contributed by atoms with van der Waals surface area (Å²) in [5.74, 6) is 0.780. The maximum atomic E-state index is 5.47. The Labute approximate surface area is 118 Å². The van der Waals surface area contributed by atoms with Crippen LogP contribution in [-0.4, -0.2) is 19.9 Å². The lowest BCUT2D eigenvalue weighted by molar-refractivity contribution is 0.0500. The van der Waals surface area contributed by atoms with E-state index in [2.05, 4.69) is 49.3 Å². The fraction of sp³-hybridized carbons (Fsp3) is 0.500. The topological polar surface area (TPSA) is 30.5 Å². The van der Waals surface area contributed by atoms with E-state index in [9.17, 15) is 0 Å².